The molecule has 1 aromatic carbocycles. The van der Waals surface area contributed by atoms with Crippen LogP contribution in [0.2, 0.25) is 0 Å². The highest BCUT2D eigenvalue weighted by atomic mass is 19.1. The van der Waals surface area contributed by atoms with Gasteiger partial charge in [-0.1, -0.05) is 6.07 Å². The molecule has 4 rings (SSSR count). The minimum atomic E-state index is -0.406. The molecule has 7 nitrogen and oxygen atoms in total. The number of ketones is 1. The maximum Gasteiger partial charge on any atom is 0.220 e. The molecular weight excluding hydrogens is 373 g/mol. The summed E-state index contributed by atoms with van der Waals surface area (Å²) in [5, 5.41) is 0. The number of methoxy groups -OCH3 is 1. The van der Waals surface area contributed by atoms with Gasteiger partial charge < -0.3 is 10.5 Å². The maximum absolute atomic E-state index is 14.1. The zero-order valence-electron chi connectivity index (χ0n) is 16.4. The fourth-order valence-corrected chi connectivity index (χ4v) is 3.86. The summed E-state index contributed by atoms with van der Waals surface area (Å²) in [5.41, 5.74) is 9.61. The second-order valence-electron chi connectivity index (χ2n) is 7.13. The molecule has 1 atom stereocenters. The number of aromatic nitrogens is 4. The van der Waals surface area contributed by atoms with Crippen LogP contribution >= 0.6 is 0 Å². The maximum atomic E-state index is 14.1. The molecule has 0 saturated carbocycles. The number of ether oxygens (including phenoxy) is 1. The van der Waals surface area contributed by atoms with Gasteiger partial charge in [0.1, 0.15) is 5.82 Å². The minimum Gasteiger partial charge on any atom is -0.481 e. The lowest BCUT2D eigenvalue weighted by molar-refractivity contribution is 0.0962. The number of aryl methyl sites for hydroxylation is 2. The molecule has 2 N–H and O–H groups in total. The van der Waals surface area contributed by atoms with Gasteiger partial charge in [0.2, 0.25) is 11.8 Å². The van der Waals surface area contributed by atoms with E-state index < -0.39 is 5.82 Å². The van der Waals surface area contributed by atoms with E-state index >= 15 is 0 Å². The Morgan fingerprint density at radius 2 is 1.97 bits per heavy atom. The van der Waals surface area contributed by atoms with Crippen LogP contribution in [-0.2, 0) is 6.42 Å². The molecule has 0 aliphatic heterocycles. The average Bonchev–Trinajstić information content (AvgIpc) is 2.67. The van der Waals surface area contributed by atoms with Crippen molar-refractivity contribution in [2.45, 2.75) is 32.6 Å². The largest absolute Gasteiger partial charge is 0.481 e. The van der Waals surface area contributed by atoms with Crippen molar-refractivity contribution in [3.8, 4) is 17.3 Å². The van der Waals surface area contributed by atoms with Crippen LogP contribution in [-0.4, -0.2) is 32.8 Å². The Balaban J connectivity index is 1.82. The van der Waals surface area contributed by atoms with Crippen molar-refractivity contribution >= 4 is 11.7 Å². The number of hydrogen-bond donors (Lipinski definition) is 1. The third-order valence-electron chi connectivity index (χ3n) is 5.15. The minimum absolute atomic E-state index is 0.0496. The Hall–Kier alpha value is -3.42. The molecule has 0 bridgehead atoms. The standard InChI is InChI=1S/C21H20FN5O2/c1-10-9-24-19(27-20(10)29-3)15-8-13(22)4-5-14(15)12-6-16-18(17(28)7-12)11(2)25-21(23)26-16/h4-5,8-9,12H,6-7H2,1-3H3,(H2,23,25,26)/t12-/m0/s1. The topological polar surface area (TPSA) is 104 Å². The van der Waals surface area contributed by atoms with Crippen LogP contribution in [0.5, 0.6) is 5.88 Å². The first kappa shape index (κ1) is 18.9. The fraction of sp³-hybridized carbons (Fsp3) is 0.286. The summed E-state index contributed by atoms with van der Waals surface area (Å²) < 4.78 is 19.4. The Morgan fingerprint density at radius 1 is 1.17 bits per heavy atom. The van der Waals surface area contributed by atoms with E-state index in [1.165, 1.54) is 19.2 Å². The second kappa shape index (κ2) is 7.20. The number of carbonyl (C=O) groups excluding carboxylic acids is 1. The van der Waals surface area contributed by atoms with Crippen LogP contribution in [0.15, 0.2) is 24.4 Å². The summed E-state index contributed by atoms with van der Waals surface area (Å²) in [5.74, 6) is 0.254. The van der Waals surface area contributed by atoms with E-state index in [0.717, 1.165) is 11.1 Å². The van der Waals surface area contributed by atoms with E-state index in [1.54, 1.807) is 19.2 Å². The zero-order valence-corrected chi connectivity index (χ0v) is 16.4. The Bertz CT molecular complexity index is 1130. The molecule has 0 radical (unpaired) electrons. The SMILES string of the molecule is COc1nc(-c2cc(F)ccc2[C@@H]2CC(=O)c3c(C)nc(N)nc3C2)ncc1C. The van der Waals surface area contributed by atoms with Crippen molar-refractivity contribution in [3.63, 3.8) is 0 Å². The van der Waals surface area contributed by atoms with Crippen molar-refractivity contribution in [1.29, 1.82) is 0 Å². The third kappa shape index (κ3) is 3.41. The number of rotatable bonds is 3. The van der Waals surface area contributed by atoms with Gasteiger partial charge in [-0.3, -0.25) is 4.79 Å². The fourth-order valence-electron chi connectivity index (χ4n) is 3.86. The van der Waals surface area contributed by atoms with Gasteiger partial charge >= 0.3 is 0 Å². The van der Waals surface area contributed by atoms with Crippen molar-refractivity contribution in [1.82, 2.24) is 19.9 Å². The molecule has 2 aromatic heterocycles. The van der Waals surface area contributed by atoms with Gasteiger partial charge in [0.05, 0.1) is 24.1 Å². The predicted molar refractivity (Wildman–Crippen MR) is 105 cm³/mol. The number of nitrogens with two attached hydrogens (primary N) is 1. The number of benzene rings is 1. The van der Waals surface area contributed by atoms with Crippen LogP contribution in [0.3, 0.4) is 0 Å². The summed E-state index contributed by atoms with van der Waals surface area (Å²) >= 11 is 0. The second-order valence-corrected chi connectivity index (χ2v) is 7.13. The van der Waals surface area contributed by atoms with Gasteiger partial charge in [-0.15, -0.1) is 0 Å². The van der Waals surface area contributed by atoms with Crippen LogP contribution < -0.4 is 10.5 Å². The monoisotopic (exact) mass is 393 g/mol. The molecule has 0 saturated heterocycles. The summed E-state index contributed by atoms with van der Waals surface area (Å²) in [4.78, 5) is 30.0. The normalized spacial score (nSPS) is 15.9. The van der Waals surface area contributed by atoms with E-state index in [1.807, 2.05) is 6.92 Å². The molecule has 0 spiro atoms. The molecule has 2 heterocycles. The quantitative estimate of drug-likeness (QED) is 0.729. The number of hydrogen-bond acceptors (Lipinski definition) is 7. The van der Waals surface area contributed by atoms with Gasteiger partial charge in [-0.05, 0) is 43.9 Å². The van der Waals surface area contributed by atoms with Gasteiger partial charge in [0.25, 0.3) is 0 Å². The Labute approximate surface area is 167 Å². The first-order chi connectivity index (χ1) is 13.9. The van der Waals surface area contributed by atoms with Gasteiger partial charge in [-0.2, -0.15) is 4.98 Å². The van der Waals surface area contributed by atoms with Crippen molar-refractivity contribution in [3.05, 3.63) is 58.3 Å². The number of nitrogens with zero attached hydrogens (tertiary/aromatic N) is 4. The summed E-state index contributed by atoms with van der Waals surface area (Å²) in [6, 6.07) is 4.45. The molecule has 0 fully saturated rings. The molecule has 148 valence electrons. The molecule has 1 aliphatic rings. The van der Waals surface area contributed by atoms with E-state index in [0.29, 0.717) is 40.6 Å². The lowest BCUT2D eigenvalue weighted by atomic mass is 9.79. The smallest absolute Gasteiger partial charge is 0.220 e. The summed E-state index contributed by atoms with van der Waals surface area (Å²) in [6.07, 6.45) is 2.40. The molecular formula is C21H20FN5O2. The number of nitrogen functional groups attached to an aromatic ring is 1. The zero-order chi connectivity index (χ0) is 20.7. The molecule has 1 aliphatic carbocycles. The van der Waals surface area contributed by atoms with Crippen LogP contribution in [0.25, 0.3) is 11.4 Å². The molecule has 0 unspecified atom stereocenters. The number of Topliss-reactive ketones (excluding diaryl/α,β-unsaturated/α-hetero) is 1. The predicted octanol–water partition coefficient (Wildman–Crippen LogP) is 3.19. The highest BCUT2D eigenvalue weighted by molar-refractivity contribution is 6.00. The Kier molecular flexibility index (Phi) is 4.70. The van der Waals surface area contributed by atoms with Crippen molar-refractivity contribution < 1.29 is 13.9 Å². The Morgan fingerprint density at radius 3 is 2.72 bits per heavy atom. The van der Waals surface area contributed by atoms with E-state index in [4.69, 9.17) is 10.5 Å². The average molecular weight is 393 g/mol. The summed E-state index contributed by atoms with van der Waals surface area (Å²) in [6.45, 7) is 3.59. The van der Waals surface area contributed by atoms with Gasteiger partial charge in [0.15, 0.2) is 11.6 Å². The molecule has 0 amide bonds. The molecule has 29 heavy (non-hydrogen) atoms. The first-order valence-corrected chi connectivity index (χ1v) is 9.21. The van der Waals surface area contributed by atoms with Crippen molar-refractivity contribution in [2.24, 2.45) is 0 Å². The van der Waals surface area contributed by atoms with Gasteiger partial charge in [0, 0.05) is 23.7 Å². The van der Waals surface area contributed by atoms with Crippen LogP contribution in [0.1, 0.15) is 45.2 Å². The lowest BCUT2D eigenvalue weighted by Crippen LogP contribution is -2.23. The van der Waals surface area contributed by atoms with Crippen LogP contribution in [0.4, 0.5) is 10.3 Å². The van der Waals surface area contributed by atoms with Gasteiger partial charge in [-0.25, -0.2) is 19.3 Å². The highest BCUT2D eigenvalue weighted by Gasteiger charge is 2.31. The first-order valence-electron chi connectivity index (χ1n) is 9.21. The number of anilines is 1. The van der Waals surface area contributed by atoms with Crippen LogP contribution in [0, 0.1) is 19.7 Å². The third-order valence-corrected chi connectivity index (χ3v) is 5.15. The van der Waals surface area contributed by atoms with E-state index in [9.17, 15) is 9.18 Å². The van der Waals surface area contributed by atoms with Crippen molar-refractivity contribution in [2.75, 3.05) is 12.8 Å². The van der Waals surface area contributed by atoms with E-state index in [2.05, 4.69) is 19.9 Å². The summed E-state index contributed by atoms with van der Waals surface area (Å²) in [7, 11) is 1.52. The molecule has 3 aromatic rings. The molecule has 8 heteroatoms. The number of fused-ring (bicyclic) bond motifs is 1. The highest BCUT2D eigenvalue weighted by Crippen LogP contribution is 2.38. The number of halogens is 1. The van der Waals surface area contributed by atoms with E-state index in [-0.39, 0.29) is 24.1 Å². The lowest BCUT2D eigenvalue weighted by Gasteiger charge is -2.25. The number of carbonyl (C=O) groups is 1.